The monoisotopic (exact) mass is 341 g/mol. The van der Waals surface area contributed by atoms with Gasteiger partial charge in [-0.25, -0.2) is 4.98 Å². The van der Waals surface area contributed by atoms with Crippen molar-refractivity contribution in [1.29, 1.82) is 0 Å². The van der Waals surface area contributed by atoms with E-state index in [-0.39, 0.29) is 12.0 Å². The van der Waals surface area contributed by atoms with Crippen LogP contribution in [0.3, 0.4) is 0 Å². The Balaban J connectivity index is 1.89. The lowest BCUT2D eigenvalue weighted by molar-refractivity contribution is -0.142. The Labute approximate surface area is 128 Å². The van der Waals surface area contributed by atoms with Gasteiger partial charge in [0.2, 0.25) is 0 Å². The summed E-state index contributed by atoms with van der Waals surface area (Å²) < 4.78 is 6.33. The summed E-state index contributed by atoms with van der Waals surface area (Å²) in [5, 5.41) is 0. The van der Waals surface area contributed by atoms with Crippen LogP contribution in [0, 0.1) is 0 Å². The van der Waals surface area contributed by atoms with Crippen molar-refractivity contribution in [3.05, 3.63) is 22.8 Å². The third-order valence-electron chi connectivity index (χ3n) is 3.39. The average molecular weight is 342 g/mol. The number of hydrogen-bond acceptors (Lipinski definition) is 4. The summed E-state index contributed by atoms with van der Waals surface area (Å²) in [7, 11) is 0. The Bertz CT molecular complexity index is 444. The number of ether oxygens (including phenoxy) is 1. The van der Waals surface area contributed by atoms with E-state index in [4.69, 9.17) is 4.74 Å². The van der Waals surface area contributed by atoms with Crippen molar-refractivity contribution < 1.29 is 9.53 Å². The molecule has 1 aliphatic rings. The largest absolute Gasteiger partial charge is 0.369 e. The third kappa shape index (κ3) is 3.70. The lowest BCUT2D eigenvalue weighted by Gasteiger charge is -2.36. The second-order valence-electron chi connectivity index (χ2n) is 4.74. The highest BCUT2D eigenvalue weighted by Gasteiger charge is 2.25. The number of anilines is 1. The lowest BCUT2D eigenvalue weighted by atomic mass is 10.2. The van der Waals surface area contributed by atoms with Crippen molar-refractivity contribution in [2.75, 3.05) is 37.7 Å². The molecule has 6 heteroatoms. The number of amides is 1. The first-order valence-electron chi connectivity index (χ1n) is 6.88. The molecular weight excluding hydrogens is 322 g/mol. The summed E-state index contributed by atoms with van der Waals surface area (Å²) in [6.45, 7) is 7.32. The first-order valence-corrected chi connectivity index (χ1v) is 7.68. The van der Waals surface area contributed by atoms with Crippen LogP contribution in [-0.2, 0) is 9.53 Å². The van der Waals surface area contributed by atoms with E-state index in [9.17, 15) is 4.79 Å². The van der Waals surface area contributed by atoms with Gasteiger partial charge < -0.3 is 14.5 Å². The predicted molar refractivity (Wildman–Crippen MR) is 81.8 cm³/mol. The molecule has 0 aromatic carbocycles. The van der Waals surface area contributed by atoms with E-state index in [2.05, 4.69) is 25.8 Å². The quantitative estimate of drug-likeness (QED) is 0.839. The van der Waals surface area contributed by atoms with Crippen LogP contribution in [0.5, 0.6) is 0 Å². The van der Waals surface area contributed by atoms with E-state index < -0.39 is 0 Å². The van der Waals surface area contributed by atoms with Gasteiger partial charge >= 0.3 is 0 Å². The van der Waals surface area contributed by atoms with Crippen molar-refractivity contribution >= 4 is 27.7 Å². The standard InChI is InChI=1S/C14H20BrN3O2/c1-3-20-11(2)14(19)18-8-6-17(7-9-18)13-5-4-12(15)10-16-13/h4-5,10-11H,3,6-9H2,1-2H3/t11-/m1/s1. The Morgan fingerprint density at radius 3 is 2.65 bits per heavy atom. The van der Waals surface area contributed by atoms with E-state index in [1.807, 2.05) is 30.9 Å². The third-order valence-corrected chi connectivity index (χ3v) is 3.86. The molecule has 1 aromatic rings. The molecule has 1 saturated heterocycles. The average Bonchev–Trinajstić information content (AvgIpc) is 2.48. The van der Waals surface area contributed by atoms with Gasteiger partial charge in [-0.05, 0) is 41.9 Å². The number of nitrogens with zero attached hydrogens (tertiary/aromatic N) is 3. The van der Waals surface area contributed by atoms with Gasteiger partial charge in [0.05, 0.1) is 0 Å². The second-order valence-corrected chi connectivity index (χ2v) is 5.66. The molecule has 2 heterocycles. The number of carbonyl (C=O) groups excluding carboxylic acids is 1. The van der Waals surface area contributed by atoms with Gasteiger partial charge in [-0.3, -0.25) is 4.79 Å². The molecule has 1 fully saturated rings. The molecule has 0 radical (unpaired) electrons. The highest BCUT2D eigenvalue weighted by atomic mass is 79.9. The number of carbonyl (C=O) groups is 1. The fourth-order valence-corrected chi connectivity index (χ4v) is 2.52. The maximum atomic E-state index is 12.1. The highest BCUT2D eigenvalue weighted by Crippen LogP contribution is 2.17. The summed E-state index contributed by atoms with van der Waals surface area (Å²) in [6, 6.07) is 3.97. The molecule has 5 nitrogen and oxygen atoms in total. The zero-order chi connectivity index (χ0) is 14.5. The van der Waals surface area contributed by atoms with E-state index in [0.29, 0.717) is 19.7 Å². The molecule has 1 amide bonds. The maximum Gasteiger partial charge on any atom is 0.251 e. The zero-order valence-corrected chi connectivity index (χ0v) is 13.5. The van der Waals surface area contributed by atoms with Gasteiger partial charge in [0.25, 0.3) is 5.91 Å². The van der Waals surface area contributed by atoms with E-state index in [0.717, 1.165) is 23.4 Å². The van der Waals surface area contributed by atoms with Crippen LogP contribution in [0.2, 0.25) is 0 Å². The first-order chi connectivity index (χ1) is 9.61. The topological polar surface area (TPSA) is 45.7 Å². The van der Waals surface area contributed by atoms with Gasteiger partial charge in [-0.2, -0.15) is 0 Å². The van der Waals surface area contributed by atoms with Crippen LogP contribution in [0.25, 0.3) is 0 Å². The Kier molecular flexibility index (Phi) is 5.37. The molecule has 1 atom stereocenters. The van der Waals surface area contributed by atoms with Crippen molar-refractivity contribution in [1.82, 2.24) is 9.88 Å². The Hall–Kier alpha value is -1.14. The minimum atomic E-state index is -0.350. The van der Waals surface area contributed by atoms with Crippen LogP contribution in [0.1, 0.15) is 13.8 Å². The van der Waals surface area contributed by atoms with Crippen molar-refractivity contribution in [3.63, 3.8) is 0 Å². The molecule has 1 aliphatic heterocycles. The van der Waals surface area contributed by atoms with Crippen molar-refractivity contribution in [2.24, 2.45) is 0 Å². The summed E-state index contributed by atoms with van der Waals surface area (Å²) in [6.07, 6.45) is 1.45. The SMILES string of the molecule is CCO[C@H](C)C(=O)N1CCN(c2ccc(Br)cn2)CC1. The van der Waals surface area contributed by atoms with E-state index in [1.165, 1.54) is 0 Å². The molecule has 0 saturated carbocycles. The molecule has 0 unspecified atom stereocenters. The Morgan fingerprint density at radius 1 is 1.40 bits per heavy atom. The van der Waals surface area contributed by atoms with E-state index in [1.54, 1.807) is 6.20 Å². The van der Waals surface area contributed by atoms with Crippen LogP contribution in [-0.4, -0.2) is 54.7 Å². The van der Waals surface area contributed by atoms with Crippen molar-refractivity contribution in [3.8, 4) is 0 Å². The van der Waals surface area contributed by atoms with Crippen LogP contribution in [0.15, 0.2) is 22.8 Å². The number of aromatic nitrogens is 1. The molecule has 2 rings (SSSR count). The van der Waals surface area contributed by atoms with Crippen LogP contribution < -0.4 is 4.90 Å². The first kappa shape index (κ1) is 15.3. The molecule has 0 bridgehead atoms. The second kappa shape index (κ2) is 7.04. The predicted octanol–water partition coefficient (Wildman–Crippen LogP) is 1.92. The molecular formula is C14H20BrN3O2. The smallest absolute Gasteiger partial charge is 0.251 e. The van der Waals surface area contributed by atoms with Gasteiger partial charge in [0, 0.05) is 43.5 Å². The molecule has 110 valence electrons. The van der Waals surface area contributed by atoms with Crippen molar-refractivity contribution in [2.45, 2.75) is 20.0 Å². The number of pyridine rings is 1. The molecule has 20 heavy (non-hydrogen) atoms. The van der Waals surface area contributed by atoms with Crippen LogP contribution >= 0.6 is 15.9 Å². The van der Waals surface area contributed by atoms with Gasteiger partial charge in [0.1, 0.15) is 11.9 Å². The maximum absolute atomic E-state index is 12.1. The molecule has 0 N–H and O–H groups in total. The number of piperazine rings is 1. The normalized spacial score (nSPS) is 17.1. The molecule has 0 aliphatic carbocycles. The molecule has 1 aromatic heterocycles. The fourth-order valence-electron chi connectivity index (χ4n) is 2.29. The van der Waals surface area contributed by atoms with Crippen LogP contribution in [0.4, 0.5) is 5.82 Å². The minimum absolute atomic E-state index is 0.0789. The lowest BCUT2D eigenvalue weighted by Crippen LogP contribution is -2.51. The summed E-state index contributed by atoms with van der Waals surface area (Å²) in [5.41, 5.74) is 0. The van der Waals surface area contributed by atoms with Gasteiger partial charge in [-0.1, -0.05) is 0 Å². The van der Waals surface area contributed by atoms with Gasteiger partial charge in [-0.15, -0.1) is 0 Å². The summed E-state index contributed by atoms with van der Waals surface area (Å²) in [5.74, 6) is 1.04. The number of hydrogen-bond donors (Lipinski definition) is 0. The van der Waals surface area contributed by atoms with E-state index >= 15 is 0 Å². The van der Waals surface area contributed by atoms with Gasteiger partial charge in [0.15, 0.2) is 0 Å². The minimum Gasteiger partial charge on any atom is -0.369 e. The fraction of sp³-hybridized carbons (Fsp3) is 0.571. The number of rotatable bonds is 4. The summed E-state index contributed by atoms with van der Waals surface area (Å²) >= 11 is 3.38. The zero-order valence-electron chi connectivity index (χ0n) is 11.9. The highest BCUT2D eigenvalue weighted by molar-refractivity contribution is 9.10. The summed E-state index contributed by atoms with van der Waals surface area (Å²) in [4.78, 5) is 20.6. The molecule has 0 spiro atoms. The number of halogens is 1. The Morgan fingerprint density at radius 2 is 2.10 bits per heavy atom.